The fraction of sp³-hybridized carbons (Fsp3) is 0.200. The second-order valence-corrected chi connectivity index (χ2v) is 26.6. The first-order valence-electron chi connectivity index (χ1n) is 30.9. The third-order valence-electron chi connectivity index (χ3n) is 19.5. The van der Waals surface area contributed by atoms with E-state index in [1.165, 1.54) is 227 Å². The number of hydrogen-bond acceptors (Lipinski definition) is 4. The summed E-state index contributed by atoms with van der Waals surface area (Å²) in [6.45, 7) is 9.27. The summed E-state index contributed by atoms with van der Waals surface area (Å²) in [4.78, 5) is 5.35. The van der Waals surface area contributed by atoms with Crippen molar-refractivity contribution in [1.82, 2.24) is 0 Å². The van der Waals surface area contributed by atoms with Crippen molar-refractivity contribution < 1.29 is 0 Å². The van der Waals surface area contributed by atoms with E-state index in [1.54, 1.807) is 0 Å². The summed E-state index contributed by atoms with van der Waals surface area (Å²) in [6, 6.07) is 79.8. The maximum absolute atomic E-state index is 2.67. The highest BCUT2D eigenvalue weighted by Gasteiger charge is 2.31. The molecule has 2 fully saturated rings. The van der Waals surface area contributed by atoms with Crippen molar-refractivity contribution in [3.05, 3.63) is 240 Å². The molecule has 12 aromatic carbocycles. The maximum atomic E-state index is 2.67. The van der Waals surface area contributed by atoms with Gasteiger partial charge in [-0.25, -0.2) is 0 Å². The van der Waals surface area contributed by atoms with Crippen molar-refractivity contribution in [2.75, 3.05) is 9.80 Å². The first-order valence-corrected chi connectivity index (χ1v) is 32.5. The van der Waals surface area contributed by atoms with E-state index in [2.05, 4.69) is 244 Å². The zero-order valence-electron chi connectivity index (χ0n) is 48.6. The van der Waals surface area contributed by atoms with Gasteiger partial charge in [0.15, 0.2) is 0 Å². The van der Waals surface area contributed by atoms with Crippen LogP contribution in [0.1, 0.15) is 109 Å². The third kappa shape index (κ3) is 8.38. The SMILES string of the molecule is Cc1cccc(C)c1N(c1cccc(-c2cccc3c2sc2ccccc23)c1)c1cc(C2CCCCC2)c2ccc3c(N(c4cccc(-c5cccc6c5sc5ccccc56)c4)c4c(C)cccc4C)cc(C4CCCCC4)c4ccc1c2c43. The van der Waals surface area contributed by atoms with Gasteiger partial charge in [-0.15, -0.1) is 22.7 Å². The Bertz CT molecular complexity index is 4540. The molecule has 0 atom stereocenters. The summed E-state index contributed by atoms with van der Waals surface area (Å²) in [6.07, 6.45) is 12.6. The van der Waals surface area contributed by atoms with Gasteiger partial charge in [0.25, 0.3) is 0 Å². The molecule has 0 unspecified atom stereocenters. The molecule has 0 aliphatic heterocycles. The monoisotopic (exact) mass is 1120 g/mol. The molecule has 2 aliphatic rings. The van der Waals surface area contributed by atoms with Crippen molar-refractivity contribution in [3.63, 3.8) is 0 Å². The van der Waals surface area contributed by atoms with Gasteiger partial charge in [0.1, 0.15) is 0 Å². The quantitative estimate of drug-likeness (QED) is 0.126. The highest BCUT2D eigenvalue weighted by Crippen LogP contribution is 2.55. The number of aryl methyl sites for hydroxylation is 4. The lowest BCUT2D eigenvalue weighted by molar-refractivity contribution is 0.445. The molecule has 2 heterocycles. The van der Waals surface area contributed by atoms with E-state index in [-0.39, 0.29) is 0 Å². The zero-order chi connectivity index (χ0) is 56.2. The average Bonchev–Trinajstić information content (AvgIpc) is 1.30. The zero-order valence-corrected chi connectivity index (χ0v) is 50.2. The normalized spacial score (nSPS) is 14.6. The molecule has 0 spiro atoms. The number of thiophene rings is 2. The van der Waals surface area contributed by atoms with Gasteiger partial charge in [-0.2, -0.15) is 0 Å². The van der Waals surface area contributed by atoms with Crippen LogP contribution in [0.2, 0.25) is 0 Å². The maximum Gasteiger partial charge on any atom is 0.0543 e. The molecule has 2 nitrogen and oxygen atoms in total. The molecule has 410 valence electrons. The van der Waals surface area contributed by atoms with Crippen LogP contribution in [0.25, 0.3) is 94.9 Å². The van der Waals surface area contributed by atoms with Crippen LogP contribution in [0.4, 0.5) is 34.1 Å². The second kappa shape index (κ2) is 20.8. The smallest absolute Gasteiger partial charge is 0.0543 e. The Labute approximate surface area is 501 Å². The number of benzene rings is 12. The summed E-state index contributed by atoms with van der Waals surface area (Å²) >= 11 is 3.83. The molecule has 2 saturated carbocycles. The Hall–Kier alpha value is -8.28. The summed E-state index contributed by atoms with van der Waals surface area (Å²) in [5.41, 5.74) is 20.6. The molecule has 4 heteroatoms. The first-order chi connectivity index (χ1) is 41.3. The standard InChI is InChI=1S/C80H68N2S2/c1-49-21-15-22-50(2)77(49)81(57-31-17-29-55(45-57)59-35-19-37-65-61-33-11-13-39-73(61)83-79(59)65)71-47-69(53-25-7-5-8-26-53)63-42-44-68-72(48-70(54-27-9-6-10-28-54)64-41-43-67(71)75(63)76(64)68)82(78-51(3)23-16-24-52(78)4)58-32-18-30-56(46-58)60-36-20-38-66-62-34-12-14-40-74(62)84-80(60)66/h11-24,29-48,53-54H,5-10,25-28H2,1-4H3. The lowest BCUT2D eigenvalue weighted by Crippen LogP contribution is -2.16. The Morgan fingerprint density at radius 1 is 0.321 bits per heavy atom. The van der Waals surface area contributed by atoms with E-state index in [0.717, 1.165) is 0 Å². The fourth-order valence-electron chi connectivity index (χ4n) is 15.5. The molecule has 16 rings (SSSR count). The Morgan fingerprint density at radius 3 is 1.12 bits per heavy atom. The molecule has 2 aromatic heterocycles. The van der Waals surface area contributed by atoms with Crippen LogP contribution < -0.4 is 9.80 Å². The molecule has 0 radical (unpaired) electrons. The van der Waals surface area contributed by atoms with E-state index in [0.29, 0.717) is 11.8 Å². The summed E-state index contributed by atoms with van der Waals surface area (Å²) in [7, 11) is 0. The Kier molecular flexibility index (Phi) is 12.7. The van der Waals surface area contributed by atoms with Crippen LogP contribution in [-0.4, -0.2) is 0 Å². The van der Waals surface area contributed by atoms with Gasteiger partial charge in [0, 0.05) is 62.5 Å². The van der Waals surface area contributed by atoms with Gasteiger partial charge in [-0.1, -0.05) is 196 Å². The van der Waals surface area contributed by atoms with Gasteiger partial charge in [0.2, 0.25) is 0 Å². The number of nitrogens with zero attached hydrogens (tertiary/aromatic N) is 2. The number of fused-ring (bicyclic) bond motifs is 6. The van der Waals surface area contributed by atoms with Crippen molar-refractivity contribution in [3.8, 4) is 22.3 Å². The molecule has 84 heavy (non-hydrogen) atoms. The average molecular weight is 1120 g/mol. The van der Waals surface area contributed by atoms with E-state index >= 15 is 0 Å². The molecule has 2 aliphatic carbocycles. The lowest BCUT2D eigenvalue weighted by atomic mass is 9.77. The highest BCUT2D eigenvalue weighted by atomic mass is 32.1. The van der Waals surface area contributed by atoms with E-state index < -0.39 is 0 Å². The van der Waals surface area contributed by atoms with Crippen molar-refractivity contribution in [2.45, 2.75) is 104 Å². The number of anilines is 6. The van der Waals surface area contributed by atoms with Gasteiger partial charge < -0.3 is 9.80 Å². The molecule has 0 amide bonds. The Balaban J connectivity index is 0.983. The van der Waals surface area contributed by atoms with Crippen LogP contribution in [0, 0.1) is 27.7 Å². The predicted octanol–water partition coefficient (Wildman–Crippen LogP) is 24.9. The number of hydrogen-bond donors (Lipinski definition) is 0. The highest BCUT2D eigenvalue weighted by molar-refractivity contribution is 7.26. The predicted molar refractivity (Wildman–Crippen MR) is 367 cm³/mol. The molecular formula is C80H68N2S2. The van der Waals surface area contributed by atoms with Gasteiger partial charge >= 0.3 is 0 Å². The molecule has 0 saturated heterocycles. The van der Waals surface area contributed by atoms with Crippen molar-refractivity contribution >= 4 is 129 Å². The minimum absolute atomic E-state index is 0.468. The van der Waals surface area contributed by atoms with Crippen LogP contribution in [0.5, 0.6) is 0 Å². The van der Waals surface area contributed by atoms with Gasteiger partial charge in [0.05, 0.1) is 22.7 Å². The summed E-state index contributed by atoms with van der Waals surface area (Å²) < 4.78 is 5.35. The molecule has 0 N–H and O–H groups in total. The Morgan fingerprint density at radius 2 is 0.690 bits per heavy atom. The fourth-order valence-corrected chi connectivity index (χ4v) is 18.0. The van der Waals surface area contributed by atoms with Gasteiger partial charge in [-0.3, -0.25) is 0 Å². The van der Waals surface area contributed by atoms with E-state index in [4.69, 9.17) is 0 Å². The summed E-state index contributed by atoms with van der Waals surface area (Å²) in [5, 5.41) is 13.6. The minimum atomic E-state index is 0.468. The minimum Gasteiger partial charge on any atom is -0.309 e. The number of para-hydroxylation sites is 2. The van der Waals surface area contributed by atoms with E-state index in [9.17, 15) is 0 Å². The van der Waals surface area contributed by atoms with Crippen LogP contribution in [-0.2, 0) is 0 Å². The van der Waals surface area contributed by atoms with Crippen LogP contribution >= 0.6 is 22.7 Å². The topological polar surface area (TPSA) is 6.48 Å². The summed E-state index contributed by atoms with van der Waals surface area (Å²) in [5.74, 6) is 0.936. The molecular weight excluding hydrogens is 1050 g/mol. The first kappa shape index (κ1) is 51.4. The van der Waals surface area contributed by atoms with Gasteiger partial charge in [-0.05, 0) is 191 Å². The molecule has 14 aromatic rings. The van der Waals surface area contributed by atoms with Crippen molar-refractivity contribution in [1.29, 1.82) is 0 Å². The van der Waals surface area contributed by atoms with Crippen molar-refractivity contribution in [2.24, 2.45) is 0 Å². The third-order valence-corrected chi connectivity index (χ3v) is 21.9. The van der Waals surface area contributed by atoms with E-state index in [1.807, 2.05) is 22.7 Å². The second-order valence-electron chi connectivity index (χ2n) is 24.5. The number of rotatable bonds is 10. The van der Waals surface area contributed by atoms with Crippen LogP contribution in [0.3, 0.4) is 0 Å². The lowest BCUT2D eigenvalue weighted by Gasteiger charge is -2.35. The molecule has 0 bridgehead atoms. The largest absolute Gasteiger partial charge is 0.309 e. The van der Waals surface area contributed by atoms with Crippen LogP contribution in [0.15, 0.2) is 206 Å².